The molecule has 1 unspecified atom stereocenters. The van der Waals surface area contributed by atoms with Gasteiger partial charge in [-0.15, -0.1) is 0 Å². The van der Waals surface area contributed by atoms with Gasteiger partial charge in [-0.05, 0) is 32.4 Å². The molecule has 0 spiro atoms. The highest BCUT2D eigenvalue weighted by Crippen LogP contribution is 2.33. The topological polar surface area (TPSA) is 133 Å². The maximum atomic E-state index is 12.2. The fourth-order valence-corrected chi connectivity index (χ4v) is 4.01. The Kier molecular flexibility index (Phi) is 6.96. The number of aromatic nitrogens is 1. The number of nitrogens with zero attached hydrogens (tertiary/aromatic N) is 2. The number of nitrogens with two attached hydrogens (primary N) is 1. The number of carbonyl (C=O) groups excluding carboxylic acids is 3. The minimum Gasteiger partial charge on any atom is -0.490 e. The van der Waals surface area contributed by atoms with E-state index in [0.717, 1.165) is 0 Å². The standard InChI is InChI=1S/C25H28N4O6/c1-14(2)35-21-9-19-18(8-20(21)23(26)31)16(5-4-15-11-29(12-15)25(32)33-3)10-27-24(19)34-13-17-6-7-22(30)28-17/h8-10,14-15,17H,6-7,11-13H2,1-3H3,(H2,26,31)(H,28,30). The largest absolute Gasteiger partial charge is 0.490 e. The highest BCUT2D eigenvalue weighted by Gasteiger charge is 2.30. The van der Waals surface area contributed by atoms with Gasteiger partial charge in [-0.3, -0.25) is 9.59 Å². The second-order valence-corrected chi connectivity index (χ2v) is 8.86. The fraction of sp³-hybridized carbons (Fsp3) is 0.440. The predicted octanol–water partition coefficient (Wildman–Crippen LogP) is 1.83. The van der Waals surface area contributed by atoms with Crippen LogP contribution in [0.1, 0.15) is 42.6 Å². The summed E-state index contributed by atoms with van der Waals surface area (Å²) >= 11 is 0. The predicted molar refractivity (Wildman–Crippen MR) is 127 cm³/mol. The molecule has 2 fully saturated rings. The average molecular weight is 481 g/mol. The van der Waals surface area contributed by atoms with Gasteiger partial charge in [-0.25, -0.2) is 9.78 Å². The number of fused-ring (bicyclic) bond motifs is 1. The van der Waals surface area contributed by atoms with Gasteiger partial charge in [0.05, 0.1) is 36.3 Å². The smallest absolute Gasteiger partial charge is 0.409 e. The third-order valence-corrected chi connectivity index (χ3v) is 5.81. The molecule has 3 heterocycles. The molecule has 0 aliphatic carbocycles. The van der Waals surface area contributed by atoms with Gasteiger partial charge >= 0.3 is 6.09 Å². The van der Waals surface area contributed by atoms with Crippen LogP contribution in [0.3, 0.4) is 0 Å². The lowest BCUT2D eigenvalue weighted by Crippen LogP contribution is -2.49. The first-order valence-corrected chi connectivity index (χ1v) is 11.4. The molecule has 35 heavy (non-hydrogen) atoms. The summed E-state index contributed by atoms with van der Waals surface area (Å²) in [6, 6.07) is 3.25. The molecule has 4 rings (SSSR count). The van der Waals surface area contributed by atoms with Crippen LogP contribution in [-0.2, 0) is 9.53 Å². The van der Waals surface area contributed by atoms with Crippen molar-refractivity contribution in [3.8, 4) is 23.5 Å². The number of ether oxygens (including phenoxy) is 3. The number of rotatable bonds is 6. The Bertz CT molecular complexity index is 1230. The molecule has 0 radical (unpaired) electrons. The first kappa shape index (κ1) is 24.1. The highest BCUT2D eigenvalue weighted by molar-refractivity contribution is 6.03. The summed E-state index contributed by atoms with van der Waals surface area (Å²) < 4.78 is 16.5. The van der Waals surface area contributed by atoms with Gasteiger partial charge in [-0.1, -0.05) is 11.8 Å². The Morgan fingerprint density at radius 3 is 2.69 bits per heavy atom. The van der Waals surface area contributed by atoms with Crippen LogP contribution in [0.15, 0.2) is 18.3 Å². The van der Waals surface area contributed by atoms with Gasteiger partial charge in [0.1, 0.15) is 12.4 Å². The molecular formula is C25H28N4O6. The summed E-state index contributed by atoms with van der Waals surface area (Å²) in [7, 11) is 1.34. The average Bonchev–Trinajstić information content (AvgIpc) is 3.20. The zero-order valence-corrected chi connectivity index (χ0v) is 19.9. The summed E-state index contributed by atoms with van der Waals surface area (Å²) in [6.45, 7) is 4.94. The van der Waals surface area contributed by atoms with E-state index in [1.54, 1.807) is 23.2 Å². The van der Waals surface area contributed by atoms with Gasteiger partial charge in [0.25, 0.3) is 5.91 Å². The van der Waals surface area contributed by atoms with Gasteiger partial charge in [-0.2, -0.15) is 0 Å². The number of primary amides is 1. The van der Waals surface area contributed by atoms with E-state index in [4.69, 9.17) is 19.9 Å². The molecule has 0 bridgehead atoms. The van der Waals surface area contributed by atoms with E-state index < -0.39 is 5.91 Å². The zero-order valence-electron chi connectivity index (χ0n) is 19.9. The molecular weight excluding hydrogens is 452 g/mol. The Hall–Kier alpha value is -4.00. The number of amides is 3. The number of methoxy groups -OCH3 is 1. The van der Waals surface area contributed by atoms with Gasteiger partial charge < -0.3 is 30.2 Å². The quantitative estimate of drug-likeness (QED) is 0.603. The minimum atomic E-state index is -0.623. The number of nitrogens with one attached hydrogen (secondary N) is 1. The monoisotopic (exact) mass is 480 g/mol. The van der Waals surface area contributed by atoms with Crippen molar-refractivity contribution >= 4 is 28.7 Å². The second kappa shape index (κ2) is 10.1. The molecule has 2 aliphatic rings. The van der Waals surface area contributed by atoms with Crippen LogP contribution < -0.4 is 20.5 Å². The zero-order chi connectivity index (χ0) is 25.1. The van der Waals surface area contributed by atoms with E-state index in [2.05, 4.69) is 22.1 Å². The molecule has 0 saturated carbocycles. The molecule has 2 saturated heterocycles. The molecule has 184 valence electrons. The minimum absolute atomic E-state index is 0.00233. The van der Waals surface area contributed by atoms with Crippen molar-refractivity contribution in [1.82, 2.24) is 15.2 Å². The molecule has 10 nitrogen and oxygen atoms in total. The van der Waals surface area contributed by atoms with E-state index in [1.807, 2.05) is 13.8 Å². The maximum absolute atomic E-state index is 12.2. The number of pyridine rings is 1. The summed E-state index contributed by atoms with van der Waals surface area (Å²) in [6.07, 6.45) is 2.19. The molecule has 2 aromatic rings. The molecule has 1 aromatic carbocycles. The van der Waals surface area contributed by atoms with Crippen LogP contribution in [0.5, 0.6) is 11.6 Å². The van der Waals surface area contributed by atoms with Crippen molar-refractivity contribution in [2.45, 2.75) is 38.8 Å². The van der Waals surface area contributed by atoms with Crippen molar-refractivity contribution in [3.63, 3.8) is 0 Å². The third kappa shape index (κ3) is 5.40. The Morgan fingerprint density at radius 2 is 2.06 bits per heavy atom. The first-order valence-electron chi connectivity index (χ1n) is 11.4. The van der Waals surface area contributed by atoms with E-state index >= 15 is 0 Å². The number of likely N-dealkylation sites (tertiary alicyclic amines) is 1. The lowest BCUT2D eigenvalue weighted by Gasteiger charge is -2.34. The normalized spacial score (nSPS) is 17.4. The summed E-state index contributed by atoms with van der Waals surface area (Å²) in [5.74, 6) is 6.35. The van der Waals surface area contributed by atoms with Gasteiger partial charge in [0.2, 0.25) is 11.8 Å². The summed E-state index contributed by atoms with van der Waals surface area (Å²) in [5, 5.41) is 4.13. The Morgan fingerprint density at radius 1 is 1.29 bits per heavy atom. The van der Waals surface area contributed by atoms with Gasteiger partial charge in [0, 0.05) is 36.5 Å². The second-order valence-electron chi connectivity index (χ2n) is 8.86. The van der Waals surface area contributed by atoms with Crippen molar-refractivity contribution in [3.05, 3.63) is 29.5 Å². The Balaban J connectivity index is 1.68. The van der Waals surface area contributed by atoms with Gasteiger partial charge in [0.15, 0.2) is 0 Å². The third-order valence-electron chi connectivity index (χ3n) is 5.81. The number of hydrogen-bond donors (Lipinski definition) is 2. The SMILES string of the molecule is COC(=O)N1CC(C#Cc2cnc(OCC3CCC(=O)N3)c3cc(OC(C)C)c(C(N)=O)cc23)C1. The molecule has 3 N–H and O–H groups in total. The maximum Gasteiger partial charge on any atom is 0.409 e. The molecule has 3 amide bonds. The number of carbonyl (C=O) groups is 3. The number of hydrogen-bond acceptors (Lipinski definition) is 7. The van der Waals surface area contributed by atoms with Crippen LogP contribution in [-0.4, -0.2) is 66.7 Å². The lowest BCUT2D eigenvalue weighted by atomic mass is 9.99. The van der Waals surface area contributed by atoms with Crippen molar-refractivity contribution in [2.24, 2.45) is 11.7 Å². The molecule has 10 heteroatoms. The van der Waals surface area contributed by atoms with Crippen molar-refractivity contribution in [1.29, 1.82) is 0 Å². The fourth-order valence-electron chi connectivity index (χ4n) is 4.01. The van der Waals surface area contributed by atoms with Crippen LogP contribution in [0.4, 0.5) is 4.79 Å². The molecule has 2 aliphatic heterocycles. The first-order chi connectivity index (χ1) is 16.7. The Labute approximate surface area is 203 Å². The van der Waals surface area contributed by atoms with Crippen LogP contribution in [0, 0.1) is 17.8 Å². The van der Waals surface area contributed by atoms with Crippen molar-refractivity contribution in [2.75, 3.05) is 26.8 Å². The van der Waals surface area contributed by atoms with E-state index in [1.165, 1.54) is 7.11 Å². The lowest BCUT2D eigenvalue weighted by molar-refractivity contribution is -0.119. The summed E-state index contributed by atoms with van der Waals surface area (Å²) in [4.78, 5) is 41.3. The molecule has 1 atom stereocenters. The van der Waals surface area contributed by atoms with Crippen molar-refractivity contribution < 1.29 is 28.6 Å². The highest BCUT2D eigenvalue weighted by atomic mass is 16.5. The van der Waals surface area contributed by atoms with Crippen LogP contribution >= 0.6 is 0 Å². The molecule has 1 aromatic heterocycles. The number of benzene rings is 1. The van der Waals surface area contributed by atoms with E-state index in [-0.39, 0.29) is 42.2 Å². The van der Waals surface area contributed by atoms with Crippen LogP contribution in [0.25, 0.3) is 10.8 Å². The summed E-state index contributed by atoms with van der Waals surface area (Å²) in [5.41, 5.74) is 6.47. The van der Waals surface area contributed by atoms with E-state index in [9.17, 15) is 14.4 Å². The van der Waals surface area contributed by atoms with Crippen LogP contribution in [0.2, 0.25) is 0 Å². The van der Waals surface area contributed by atoms with E-state index in [0.29, 0.717) is 53.9 Å².